The van der Waals surface area contributed by atoms with E-state index in [0.717, 1.165) is 0 Å². The molecule has 0 aliphatic carbocycles. The Labute approximate surface area is 154 Å². The number of carbonyl (C=O) groups is 3. The van der Waals surface area contributed by atoms with Crippen LogP contribution in [0.25, 0.3) is 5.57 Å². The van der Waals surface area contributed by atoms with Gasteiger partial charge in [0.15, 0.2) is 0 Å². The van der Waals surface area contributed by atoms with E-state index in [-0.39, 0.29) is 5.91 Å². The molecule has 2 amide bonds. The lowest BCUT2D eigenvalue weighted by atomic mass is 10.0. The molecule has 0 aromatic heterocycles. The van der Waals surface area contributed by atoms with Gasteiger partial charge in [0.25, 0.3) is 11.8 Å². The van der Waals surface area contributed by atoms with Crippen LogP contribution in [0.3, 0.4) is 0 Å². The zero-order chi connectivity index (χ0) is 19.6. The SMILES string of the molecule is COC(=O)c1ccc2c(c1)C(=C(C)Nc1ccc(C(=O)NO)cc1)C(=O)N2. The number of ether oxygens (including phenoxy) is 1. The second-order valence-electron chi connectivity index (χ2n) is 5.85. The smallest absolute Gasteiger partial charge is 0.337 e. The molecule has 8 nitrogen and oxygen atoms in total. The highest BCUT2D eigenvalue weighted by Gasteiger charge is 2.27. The van der Waals surface area contributed by atoms with Gasteiger partial charge in [0.2, 0.25) is 0 Å². The van der Waals surface area contributed by atoms with Crippen LogP contribution in [0.15, 0.2) is 48.2 Å². The maximum absolute atomic E-state index is 12.4. The molecule has 0 saturated heterocycles. The molecule has 0 bridgehead atoms. The standard InChI is InChI=1S/C19H17N3O5/c1-10(20-13-6-3-11(4-7-13)17(23)22-26)16-14-9-12(19(25)27-2)5-8-15(14)21-18(16)24/h3-9,20,26H,1-2H3,(H,21,24)(H,22,23). The minimum Gasteiger partial charge on any atom is -0.465 e. The first-order chi connectivity index (χ1) is 12.9. The van der Waals surface area contributed by atoms with Crippen molar-refractivity contribution in [3.8, 4) is 0 Å². The summed E-state index contributed by atoms with van der Waals surface area (Å²) in [5, 5.41) is 14.5. The van der Waals surface area contributed by atoms with Crippen LogP contribution in [-0.2, 0) is 9.53 Å². The number of anilines is 2. The Hall–Kier alpha value is -3.65. The lowest BCUT2D eigenvalue weighted by molar-refractivity contribution is -0.110. The summed E-state index contributed by atoms with van der Waals surface area (Å²) in [5.74, 6) is -1.38. The number of carbonyl (C=O) groups excluding carboxylic acids is 3. The molecule has 4 N–H and O–H groups in total. The van der Waals surface area contributed by atoms with Crippen molar-refractivity contribution in [2.45, 2.75) is 6.92 Å². The Kier molecular flexibility index (Phi) is 4.91. The first-order valence-corrected chi connectivity index (χ1v) is 8.01. The Morgan fingerprint density at radius 2 is 1.74 bits per heavy atom. The lowest BCUT2D eigenvalue weighted by Crippen LogP contribution is -2.18. The molecule has 0 unspecified atom stereocenters. The molecule has 8 heteroatoms. The van der Waals surface area contributed by atoms with Crippen LogP contribution in [0.1, 0.15) is 33.2 Å². The number of hydrogen-bond acceptors (Lipinski definition) is 6. The largest absolute Gasteiger partial charge is 0.465 e. The van der Waals surface area contributed by atoms with Gasteiger partial charge >= 0.3 is 5.97 Å². The van der Waals surface area contributed by atoms with Gasteiger partial charge in [0, 0.05) is 28.2 Å². The van der Waals surface area contributed by atoms with Crippen molar-refractivity contribution < 1.29 is 24.3 Å². The quantitative estimate of drug-likeness (QED) is 0.285. The maximum atomic E-state index is 12.4. The van der Waals surface area contributed by atoms with E-state index in [0.29, 0.717) is 39.3 Å². The summed E-state index contributed by atoms with van der Waals surface area (Å²) in [6.07, 6.45) is 0. The molecule has 138 valence electrons. The first kappa shape index (κ1) is 18.2. The zero-order valence-electron chi connectivity index (χ0n) is 14.6. The predicted molar refractivity (Wildman–Crippen MR) is 98.3 cm³/mol. The molecule has 2 aromatic rings. The molecule has 3 rings (SSSR count). The van der Waals surface area contributed by atoms with Gasteiger partial charge < -0.3 is 15.4 Å². The number of esters is 1. The number of amides is 2. The Morgan fingerprint density at radius 3 is 2.37 bits per heavy atom. The van der Waals surface area contributed by atoms with Crippen LogP contribution >= 0.6 is 0 Å². The van der Waals surface area contributed by atoms with Crippen molar-refractivity contribution >= 4 is 34.7 Å². The van der Waals surface area contributed by atoms with Gasteiger partial charge in [-0.25, -0.2) is 10.3 Å². The number of allylic oxidation sites excluding steroid dienone is 1. The zero-order valence-corrected chi connectivity index (χ0v) is 14.6. The van der Waals surface area contributed by atoms with Crippen molar-refractivity contribution in [2.24, 2.45) is 0 Å². The topological polar surface area (TPSA) is 117 Å². The molecule has 0 atom stereocenters. The van der Waals surface area contributed by atoms with Crippen LogP contribution in [0.4, 0.5) is 11.4 Å². The van der Waals surface area contributed by atoms with Gasteiger partial charge in [-0.2, -0.15) is 0 Å². The lowest BCUT2D eigenvalue weighted by Gasteiger charge is -2.10. The molecule has 0 fully saturated rings. The Balaban J connectivity index is 1.93. The second kappa shape index (κ2) is 7.30. The third-order valence-electron chi connectivity index (χ3n) is 4.14. The van der Waals surface area contributed by atoms with Crippen molar-refractivity contribution in [1.82, 2.24) is 5.48 Å². The van der Waals surface area contributed by atoms with Crippen LogP contribution < -0.4 is 16.1 Å². The number of nitrogens with one attached hydrogen (secondary N) is 3. The normalized spacial score (nSPS) is 14.1. The van der Waals surface area contributed by atoms with Gasteiger partial charge in [-0.1, -0.05) is 0 Å². The average Bonchev–Trinajstić information content (AvgIpc) is 3.02. The summed E-state index contributed by atoms with van der Waals surface area (Å²) < 4.78 is 4.73. The number of hydroxylamine groups is 1. The van der Waals surface area contributed by atoms with Gasteiger partial charge in [-0.3, -0.25) is 14.8 Å². The van der Waals surface area contributed by atoms with E-state index in [1.54, 1.807) is 42.7 Å². The van der Waals surface area contributed by atoms with Crippen molar-refractivity contribution in [2.75, 3.05) is 17.7 Å². The van der Waals surface area contributed by atoms with Gasteiger partial charge in [-0.05, 0) is 49.4 Å². The van der Waals surface area contributed by atoms with E-state index in [2.05, 4.69) is 10.6 Å². The molecule has 1 aliphatic heterocycles. The van der Waals surface area contributed by atoms with Crippen LogP contribution in [0.2, 0.25) is 0 Å². The summed E-state index contributed by atoms with van der Waals surface area (Å²) in [4.78, 5) is 35.5. The molecular formula is C19H17N3O5. The van der Waals surface area contributed by atoms with E-state index in [1.807, 2.05) is 0 Å². The molecular weight excluding hydrogens is 350 g/mol. The summed E-state index contributed by atoms with van der Waals surface area (Å²) in [5.41, 5.74) is 5.05. The Bertz CT molecular complexity index is 964. The third kappa shape index (κ3) is 3.51. The van der Waals surface area contributed by atoms with Gasteiger partial charge in [0.1, 0.15) is 0 Å². The fourth-order valence-corrected chi connectivity index (χ4v) is 2.83. The summed E-state index contributed by atoms with van der Waals surface area (Å²) in [6.45, 7) is 1.74. The fraction of sp³-hybridized carbons (Fsp3) is 0.105. The molecule has 1 heterocycles. The summed E-state index contributed by atoms with van der Waals surface area (Å²) in [7, 11) is 1.29. The van der Waals surface area contributed by atoms with Crippen LogP contribution in [0.5, 0.6) is 0 Å². The molecule has 27 heavy (non-hydrogen) atoms. The number of benzene rings is 2. The Morgan fingerprint density at radius 1 is 1.07 bits per heavy atom. The highest BCUT2D eigenvalue weighted by atomic mass is 16.5. The molecule has 2 aromatic carbocycles. The number of hydrogen-bond donors (Lipinski definition) is 4. The first-order valence-electron chi connectivity index (χ1n) is 8.01. The van der Waals surface area contributed by atoms with Crippen LogP contribution in [0, 0.1) is 0 Å². The van der Waals surface area contributed by atoms with E-state index in [9.17, 15) is 14.4 Å². The third-order valence-corrected chi connectivity index (χ3v) is 4.14. The fourth-order valence-electron chi connectivity index (χ4n) is 2.83. The number of methoxy groups -OCH3 is 1. The molecule has 0 saturated carbocycles. The molecule has 0 radical (unpaired) electrons. The van der Waals surface area contributed by atoms with E-state index in [1.165, 1.54) is 19.2 Å². The van der Waals surface area contributed by atoms with E-state index >= 15 is 0 Å². The number of rotatable bonds is 4. The minimum atomic E-state index is -0.615. The highest BCUT2D eigenvalue weighted by molar-refractivity contribution is 6.32. The highest BCUT2D eigenvalue weighted by Crippen LogP contribution is 2.35. The van der Waals surface area contributed by atoms with Gasteiger partial charge in [0.05, 0.1) is 18.2 Å². The predicted octanol–water partition coefficient (Wildman–Crippen LogP) is 2.39. The molecule has 0 spiro atoms. The van der Waals surface area contributed by atoms with E-state index in [4.69, 9.17) is 9.94 Å². The van der Waals surface area contributed by atoms with Gasteiger partial charge in [-0.15, -0.1) is 0 Å². The summed E-state index contributed by atoms with van der Waals surface area (Å²) in [6, 6.07) is 11.2. The maximum Gasteiger partial charge on any atom is 0.337 e. The van der Waals surface area contributed by atoms with Crippen LogP contribution in [-0.4, -0.2) is 30.1 Å². The van der Waals surface area contributed by atoms with Crippen molar-refractivity contribution in [3.05, 3.63) is 64.9 Å². The summed E-state index contributed by atoms with van der Waals surface area (Å²) >= 11 is 0. The average molecular weight is 367 g/mol. The van der Waals surface area contributed by atoms with Crippen molar-refractivity contribution in [3.63, 3.8) is 0 Å². The monoisotopic (exact) mass is 367 g/mol. The number of fused-ring (bicyclic) bond motifs is 1. The second-order valence-corrected chi connectivity index (χ2v) is 5.85. The molecule has 1 aliphatic rings. The van der Waals surface area contributed by atoms with Crippen molar-refractivity contribution in [1.29, 1.82) is 0 Å². The van der Waals surface area contributed by atoms with E-state index < -0.39 is 11.9 Å². The minimum absolute atomic E-state index is 0.284.